The minimum Gasteiger partial charge on any atom is -0.348 e. The fraction of sp³-hybridized carbons (Fsp3) is 0.158. The number of para-hydroxylation sites is 1. The van der Waals surface area contributed by atoms with Crippen molar-refractivity contribution < 1.29 is 14.4 Å². The predicted molar refractivity (Wildman–Crippen MR) is 97.9 cm³/mol. The van der Waals surface area contributed by atoms with Crippen LogP contribution in [0.4, 0.5) is 0 Å². The Morgan fingerprint density at radius 3 is 2.35 bits per heavy atom. The van der Waals surface area contributed by atoms with Gasteiger partial charge in [0, 0.05) is 0 Å². The molecule has 3 amide bonds. The van der Waals surface area contributed by atoms with Crippen LogP contribution in [-0.4, -0.2) is 33.6 Å². The first-order valence-corrected chi connectivity index (χ1v) is 8.97. The Labute approximate surface area is 153 Å². The van der Waals surface area contributed by atoms with Gasteiger partial charge in [-0.05, 0) is 31.2 Å². The van der Waals surface area contributed by atoms with Gasteiger partial charge in [0.2, 0.25) is 5.91 Å². The molecule has 2 aromatic carbocycles. The summed E-state index contributed by atoms with van der Waals surface area (Å²) < 4.78 is 1.05. The smallest absolute Gasteiger partial charge is 0.262 e. The van der Waals surface area contributed by atoms with Crippen molar-refractivity contribution in [1.29, 1.82) is 0 Å². The molecule has 1 aliphatic rings. The number of carbonyl (C=O) groups is 3. The number of benzene rings is 2. The minimum atomic E-state index is -0.892. The molecule has 0 spiro atoms. The SMILES string of the molecule is CC(C(=O)NCc1nc2ccccc2s1)N1C(=O)c2ccccc2C1=O. The molecule has 2 heterocycles. The van der Waals surface area contributed by atoms with Crippen LogP contribution in [0, 0.1) is 0 Å². The van der Waals surface area contributed by atoms with Gasteiger partial charge in [-0.25, -0.2) is 4.98 Å². The molecule has 0 radical (unpaired) electrons. The third-order valence-electron chi connectivity index (χ3n) is 4.34. The van der Waals surface area contributed by atoms with Gasteiger partial charge in [-0.2, -0.15) is 0 Å². The highest BCUT2D eigenvalue weighted by Gasteiger charge is 2.40. The zero-order chi connectivity index (χ0) is 18.3. The van der Waals surface area contributed by atoms with Crippen LogP contribution in [0.3, 0.4) is 0 Å². The molecule has 7 heteroatoms. The number of imide groups is 1. The lowest BCUT2D eigenvalue weighted by atomic mass is 10.1. The highest BCUT2D eigenvalue weighted by molar-refractivity contribution is 7.18. The predicted octanol–water partition coefficient (Wildman–Crippen LogP) is 2.60. The Morgan fingerprint density at radius 1 is 1.08 bits per heavy atom. The molecule has 6 nitrogen and oxygen atoms in total. The maximum Gasteiger partial charge on any atom is 0.262 e. The molecule has 0 fully saturated rings. The monoisotopic (exact) mass is 365 g/mol. The molecular weight excluding hydrogens is 350 g/mol. The first-order valence-electron chi connectivity index (χ1n) is 8.15. The molecule has 130 valence electrons. The van der Waals surface area contributed by atoms with E-state index in [1.165, 1.54) is 11.3 Å². The summed E-state index contributed by atoms with van der Waals surface area (Å²) in [5.74, 6) is -1.26. The van der Waals surface area contributed by atoms with Crippen molar-refractivity contribution in [2.24, 2.45) is 0 Å². The number of aromatic nitrogens is 1. The van der Waals surface area contributed by atoms with E-state index in [0.29, 0.717) is 11.1 Å². The molecule has 1 atom stereocenters. The zero-order valence-electron chi connectivity index (χ0n) is 13.9. The van der Waals surface area contributed by atoms with Crippen molar-refractivity contribution in [1.82, 2.24) is 15.2 Å². The van der Waals surface area contributed by atoms with Crippen LogP contribution in [0.2, 0.25) is 0 Å². The number of amides is 3. The molecule has 1 aliphatic heterocycles. The molecule has 0 saturated carbocycles. The third-order valence-corrected chi connectivity index (χ3v) is 5.38. The molecule has 4 rings (SSSR count). The molecule has 1 aromatic heterocycles. The van der Waals surface area contributed by atoms with Gasteiger partial charge in [0.1, 0.15) is 11.0 Å². The number of hydrogen-bond acceptors (Lipinski definition) is 5. The van der Waals surface area contributed by atoms with Crippen LogP contribution in [0.25, 0.3) is 10.2 Å². The maximum atomic E-state index is 12.5. The first-order chi connectivity index (χ1) is 12.6. The normalized spacial score (nSPS) is 14.6. The van der Waals surface area contributed by atoms with E-state index in [-0.39, 0.29) is 6.54 Å². The molecule has 0 saturated heterocycles. The number of nitrogens with one attached hydrogen (secondary N) is 1. The van der Waals surface area contributed by atoms with Crippen molar-refractivity contribution in [3.05, 3.63) is 64.7 Å². The number of fused-ring (bicyclic) bond motifs is 2. The van der Waals surface area contributed by atoms with Gasteiger partial charge < -0.3 is 5.32 Å². The fourth-order valence-corrected chi connectivity index (χ4v) is 3.89. The van der Waals surface area contributed by atoms with Gasteiger partial charge in [-0.3, -0.25) is 19.3 Å². The minimum absolute atomic E-state index is 0.256. The van der Waals surface area contributed by atoms with E-state index in [1.807, 2.05) is 24.3 Å². The highest BCUT2D eigenvalue weighted by atomic mass is 32.1. The van der Waals surface area contributed by atoms with Crippen LogP contribution in [0.1, 0.15) is 32.6 Å². The Hall–Kier alpha value is -3.06. The van der Waals surface area contributed by atoms with Gasteiger partial charge in [-0.1, -0.05) is 24.3 Å². The van der Waals surface area contributed by atoms with Gasteiger partial charge in [0.05, 0.1) is 27.9 Å². The molecule has 3 aromatic rings. The lowest BCUT2D eigenvalue weighted by Crippen LogP contribution is -2.47. The number of hydrogen-bond donors (Lipinski definition) is 1. The van der Waals surface area contributed by atoms with Crippen molar-refractivity contribution in [3.8, 4) is 0 Å². The van der Waals surface area contributed by atoms with Crippen LogP contribution < -0.4 is 5.32 Å². The number of carbonyl (C=O) groups excluding carboxylic acids is 3. The molecule has 26 heavy (non-hydrogen) atoms. The average Bonchev–Trinajstić information content (AvgIpc) is 3.18. The zero-order valence-corrected chi connectivity index (χ0v) is 14.7. The third kappa shape index (κ3) is 2.66. The van der Waals surface area contributed by atoms with E-state index in [9.17, 15) is 14.4 Å². The second-order valence-corrected chi connectivity index (χ2v) is 7.11. The van der Waals surface area contributed by atoms with E-state index in [4.69, 9.17) is 0 Å². The van der Waals surface area contributed by atoms with E-state index < -0.39 is 23.8 Å². The van der Waals surface area contributed by atoms with E-state index >= 15 is 0 Å². The number of rotatable bonds is 4. The number of thiazole rings is 1. The van der Waals surface area contributed by atoms with Gasteiger partial charge in [0.25, 0.3) is 11.8 Å². The molecule has 0 bridgehead atoms. The Balaban J connectivity index is 1.47. The molecule has 1 N–H and O–H groups in total. The second-order valence-electron chi connectivity index (χ2n) is 5.99. The summed E-state index contributed by atoms with van der Waals surface area (Å²) in [5, 5.41) is 3.54. The summed E-state index contributed by atoms with van der Waals surface area (Å²) in [4.78, 5) is 42.9. The fourth-order valence-electron chi connectivity index (χ4n) is 2.98. The van der Waals surface area contributed by atoms with Gasteiger partial charge in [0.15, 0.2) is 0 Å². The van der Waals surface area contributed by atoms with Crippen LogP contribution in [0.15, 0.2) is 48.5 Å². The lowest BCUT2D eigenvalue weighted by molar-refractivity contribution is -0.124. The van der Waals surface area contributed by atoms with Crippen molar-refractivity contribution in [2.75, 3.05) is 0 Å². The quantitative estimate of drug-likeness (QED) is 0.721. The Bertz CT molecular complexity index is 975. The van der Waals surface area contributed by atoms with E-state index in [2.05, 4.69) is 10.3 Å². The largest absolute Gasteiger partial charge is 0.348 e. The van der Waals surface area contributed by atoms with Crippen LogP contribution in [0.5, 0.6) is 0 Å². The summed E-state index contributed by atoms with van der Waals surface area (Å²) in [6.07, 6.45) is 0. The summed E-state index contributed by atoms with van der Waals surface area (Å²) in [5.41, 5.74) is 1.56. The van der Waals surface area contributed by atoms with Crippen molar-refractivity contribution in [3.63, 3.8) is 0 Å². The first kappa shape index (κ1) is 16.4. The molecule has 0 aliphatic carbocycles. The van der Waals surface area contributed by atoms with Crippen molar-refractivity contribution in [2.45, 2.75) is 19.5 Å². The van der Waals surface area contributed by atoms with E-state index in [0.717, 1.165) is 20.1 Å². The van der Waals surface area contributed by atoms with Gasteiger partial charge >= 0.3 is 0 Å². The van der Waals surface area contributed by atoms with Crippen molar-refractivity contribution >= 4 is 39.3 Å². The summed E-state index contributed by atoms with van der Waals surface area (Å²) in [7, 11) is 0. The highest BCUT2D eigenvalue weighted by Crippen LogP contribution is 2.25. The topological polar surface area (TPSA) is 79.4 Å². The summed E-state index contributed by atoms with van der Waals surface area (Å²) >= 11 is 1.50. The van der Waals surface area contributed by atoms with Gasteiger partial charge in [-0.15, -0.1) is 11.3 Å². The second kappa shape index (κ2) is 6.34. The average molecular weight is 365 g/mol. The maximum absolute atomic E-state index is 12.5. The van der Waals surface area contributed by atoms with Crippen LogP contribution >= 0.6 is 11.3 Å². The Kier molecular flexibility index (Phi) is 4.00. The lowest BCUT2D eigenvalue weighted by Gasteiger charge is -2.21. The molecular formula is C19H15N3O3S. The van der Waals surface area contributed by atoms with E-state index in [1.54, 1.807) is 31.2 Å². The summed E-state index contributed by atoms with van der Waals surface area (Å²) in [6, 6.07) is 13.4. The summed E-state index contributed by atoms with van der Waals surface area (Å²) in [6.45, 7) is 1.81. The van der Waals surface area contributed by atoms with Crippen LogP contribution in [-0.2, 0) is 11.3 Å². The molecule has 1 unspecified atom stereocenters. The Morgan fingerprint density at radius 2 is 1.69 bits per heavy atom. The number of nitrogens with zero attached hydrogens (tertiary/aromatic N) is 2. The standard InChI is InChI=1S/C19H15N3O3S/c1-11(22-18(24)12-6-2-3-7-13(12)19(22)25)17(23)20-10-16-21-14-8-4-5-9-15(14)26-16/h2-9,11H,10H2,1H3,(H,20,23).